The van der Waals surface area contributed by atoms with Gasteiger partial charge in [-0.2, -0.15) is 9.47 Å². The Labute approximate surface area is 145 Å². The largest absolute Gasteiger partial charge is 0.346 e. The van der Waals surface area contributed by atoms with Gasteiger partial charge in [-0.05, 0) is 38.7 Å². The Morgan fingerprint density at radius 2 is 2.21 bits per heavy atom. The lowest BCUT2D eigenvalue weighted by Crippen LogP contribution is -2.48. The van der Waals surface area contributed by atoms with Crippen molar-refractivity contribution >= 4 is 22.6 Å². The molecule has 1 atom stereocenters. The molecule has 3 heterocycles. The topological polar surface area (TPSA) is 75.9 Å². The maximum absolute atomic E-state index is 12.5. The number of nitrogens with zero attached hydrogens (tertiary/aromatic N) is 5. The van der Waals surface area contributed by atoms with Gasteiger partial charge >= 0.3 is 0 Å². The van der Waals surface area contributed by atoms with Crippen molar-refractivity contribution in [1.29, 1.82) is 0 Å². The highest BCUT2D eigenvalue weighted by atomic mass is 32.1. The zero-order valence-corrected chi connectivity index (χ0v) is 14.8. The van der Waals surface area contributed by atoms with E-state index in [1.165, 1.54) is 24.4 Å². The van der Waals surface area contributed by atoms with Crippen molar-refractivity contribution in [3.8, 4) is 0 Å². The fourth-order valence-electron chi connectivity index (χ4n) is 3.21. The lowest BCUT2D eigenvalue weighted by atomic mass is 10.1. The minimum absolute atomic E-state index is 0.0547. The van der Waals surface area contributed by atoms with E-state index in [1.54, 1.807) is 11.7 Å². The minimum Gasteiger partial charge on any atom is -0.346 e. The molecular weight excluding hydrogens is 324 g/mol. The normalized spacial score (nSPS) is 21.1. The van der Waals surface area contributed by atoms with Gasteiger partial charge in [-0.15, -0.1) is 0 Å². The lowest BCUT2D eigenvalue weighted by Gasteiger charge is -2.32. The van der Waals surface area contributed by atoms with Crippen LogP contribution < -0.4 is 10.2 Å². The molecule has 0 bridgehead atoms. The van der Waals surface area contributed by atoms with E-state index in [0.29, 0.717) is 11.6 Å². The van der Waals surface area contributed by atoms with E-state index in [1.807, 2.05) is 13.0 Å². The van der Waals surface area contributed by atoms with Crippen molar-refractivity contribution in [2.75, 3.05) is 18.0 Å². The molecule has 2 aliphatic rings. The van der Waals surface area contributed by atoms with Gasteiger partial charge in [-0.25, -0.2) is 4.98 Å². The number of carbonyl (C=O) groups is 1. The maximum Gasteiger partial charge on any atom is 0.269 e. The third kappa shape index (κ3) is 3.15. The summed E-state index contributed by atoms with van der Waals surface area (Å²) in [6.07, 6.45) is 4.49. The molecule has 1 saturated heterocycles. The number of hydrogen-bond donors (Lipinski definition) is 1. The summed E-state index contributed by atoms with van der Waals surface area (Å²) in [7, 11) is 1.80. The van der Waals surface area contributed by atoms with Crippen LogP contribution in [0.1, 0.15) is 53.6 Å². The Morgan fingerprint density at radius 3 is 2.92 bits per heavy atom. The van der Waals surface area contributed by atoms with Gasteiger partial charge in [0.25, 0.3) is 5.91 Å². The lowest BCUT2D eigenvalue weighted by molar-refractivity contribution is 0.0923. The first kappa shape index (κ1) is 15.6. The molecule has 2 aromatic rings. The maximum atomic E-state index is 12.5. The number of amides is 1. The smallest absolute Gasteiger partial charge is 0.269 e. The average Bonchev–Trinajstić information content (AvgIpc) is 3.18. The van der Waals surface area contributed by atoms with Crippen molar-refractivity contribution in [3.63, 3.8) is 0 Å². The van der Waals surface area contributed by atoms with Crippen LogP contribution in [0.3, 0.4) is 0 Å². The molecule has 1 unspecified atom stereocenters. The number of aryl methyl sites for hydroxylation is 2. The van der Waals surface area contributed by atoms with Crippen LogP contribution in [0.15, 0.2) is 6.07 Å². The summed E-state index contributed by atoms with van der Waals surface area (Å²) in [4.78, 5) is 19.4. The number of aromatic nitrogens is 4. The van der Waals surface area contributed by atoms with Gasteiger partial charge < -0.3 is 10.2 Å². The third-order valence-corrected chi connectivity index (χ3v) is 5.43. The molecule has 8 heteroatoms. The number of hydrogen-bond acceptors (Lipinski definition) is 6. The van der Waals surface area contributed by atoms with Crippen molar-refractivity contribution in [2.24, 2.45) is 7.05 Å². The van der Waals surface area contributed by atoms with Gasteiger partial charge in [0, 0.05) is 43.6 Å². The monoisotopic (exact) mass is 346 g/mol. The summed E-state index contributed by atoms with van der Waals surface area (Å²) in [5.41, 5.74) is 1.46. The number of nitrogens with one attached hydrogen (secondary N) is 1. The first-order chi connectivity index (χ1) is 11.6. The molecule has 128 valence electrons. The molecule has 1 saturated carbocycles. The predicted molar refractivity (Wildman–Crippen MR) is 92.5 cm³/mol. The molecule has 1 N–H and O–H groups in total. The molecule has 0 spiro atoms. The molecule has 1 aliphatic carbocycles. The molecule has 7 nitrogen and oxygen atoms in total. The summed E-state index contributed by atoms with van der Waals surface area (Å²) < 4.78 is 6.13. The highest BCUT2D eigenvalue weighted by Gasteiger charge is 2.30. The van der Waals surface area contributed by atoms with E-state index < -0.39 is 0 Å². The second-order valence-corrected chi connectivity index (χ2v) is 7.49. The molecule has 2 fully saturated rings. The number of anilines is 1. The first-order valence-electron chi connectivity index (χ1n) is 8.50. The van der Waals surface area contributed by atoms with Gasteiger partial charge in [-0.3, -0.25) is 9.48 Å². The van der Waals surface area contributed by atoms with Crippen molar-refractivity contribution in [1.82, 2.24) is 24.5 Å². The molecule has 1 aliphatic heterocycles. The molecule has 2 aromatic heterocycles. The van der Waals surface area contributed by atoms with Crippen LogP contribution in [0, 0.1) is 6.92 Å². The van der Waals surface area contributed by atoms with Crippen molar-refractivity contribution in [3.05, 3.63) is 23.3 Å². The van der Waals surface area contributed by atoms with Crippen molar-refractivity contribution in [2.45, 2.75) is 44.6 Å². The Balaban J connectivity index is 1.40. The third-order valence-electron chi connectivity index (χ3n) is 4.64. The van der Waals surface area contributed by atoms with E-state index >= 15 is 0 Å². The molecular formula is C16H22N6OS. The Hall–Kier alpha value is -1.96. The van der Waals surface area contributed by atoms with Crippen LogP contribution in [0.2, 0.25) is 0 Å². The Kier molecular flexibility index (Phi) is 3.99. The number of carbonyl (C=O) groups excluding carboxylic acids is 1. The first-order valence-corrected chi connectivity index (χ1v) is 9.27. The van der Waals surface area contributed by atoms with Gasteiger partial charge in [-0.1, -0.05) is 0 Å². The molecule has 0 radical (unpaired) electrons. The second-order valence-electron chi connectivity index (χ2n) is 6.76. The van der Waals surface area contributed by atoms with E-state index in [0.717, 1.165) is 42.6 Å². The van der Waals surface area contributed by atoms with Crippen LogP contribution in [-0.2, 0) is 7.05 Å². The van der Waals surface area contributed by atoms with Crippen LogP contribution in [0.4, 0.5) is 5.13 Å². The van der Waals surface area contributed by atoms with Crippen molar-refractivity contribution < 1.29 is 4.79 Å². The van der Waals surface area contributed by atoms with E-state index in [2.05, 4.69) is 19.7 Å². The van der Waals surface area contributed by atoms with Crippen LogP contribution in [-0.4, -0.2) is 44.2 Å². The van der Waals surface area contributed by atoms with Crippen LogP contribution >= 0.6 is 11.5 Å². The summed E-state index contributed by atoms with van der Waals surface area (Å²) >= 11 is 1.49. The predicted octanol–water partition coefficient (Wildman–Crippen LogP) is 1.86. The van der Waals surface area contributed by atoms with Gasteiger partial charge in [0.05, 0.1) is 5.69 Å². The van der Waals surface area contributed by atoms with Gasteiger partial charge in [0.2, 0.25) is 5.13 Å². The van der Waals surface area contributed by atoms with Crippen LogP contribution in [0.25, 0.3) is 0 Å². The molecule has 1 amide bonds. The second kappa shape index (κ2) is 6.16. The fraction of sp³-hybridized carbons (Fsp3) is 0.625. The van der Waals surface area contributed by atoms with Gasteiger partial charge in [0.1, 0.15) is 11.5 Å². The fourth-order valence-corrected chi connectivity index (χ4v) is 3.99. The summed E-state index contributed by atoms with van der Waals surface area (Å²) in [5, 5.41) is 8.38. The molecule has 0 aromatic carbocycles. The Bertz CT molecular complexity index is 750. The summed E-state index contributed by atoms with van der Waals surface area (Å²) in [6.45, 7) is 3.67. The molecule has 4 rings (SSSR count). The summed E-state index contributed by atoms with van der Waals surface area (Å²) in [5.74, 6) is 1.54. The minimum atomic E-state index is -0.0547. The van der Waals surface area contributed by atoms with Gasteiger partial charge in [0.15, 0.2) is 0 Å². The van der Waals surface area contributed by atoms with E-state index in [4.69, 9.17) is 4.98 Å². The van der Waals surface area contributed by atoms with E-state index in [9.17, 15) is 4.79 Å². The highest BCUT2D eigenvalue weighted by Crippen LogP contribution is 2.39. The highest BCUT2D eigenvalue weighted by molar-refractivity contribution is 7.09. The zero-order valence-electron chi connectivity index (χ0n) is 14.0. The van der Waals surface area contributed by atoms with Crippen LogP contribution in [0.5, 0.6) is 0 Å². The number of rotatable bonds is 4. The number of piperidine rings is 1. The average molecular weight is 346 g/mol. The molecule has 24 heavy (non-hydrogen) atoms. The zero-order chi connectivity index (χ0) is 16.7. The summed E-state index contributed by atoms with van der Waals surface area (Å²) in [6, 6.07) is 1.96. The standard InChI is InChI=1S/C16H22N6OS/c1-10-8-13(21(2)19-10)15(23)17-12-4-3-7-22(9-12)16-18-14(20-24-16)11-5-6-11/h8,11-12H,3-7,9H2,1-2H3,(H,17,23). The van der Waals surface area contributed by atoms with E-state index in [-0.39, 0.29) is 11.9 Å². The Morgan fingerprint density at radius 1 is 1.38 bits per heavy atom. The quantitative estimate of drug-likeness (QED) is 0.914. The SMILES string of the molecule is Cc1cc(C(=O)NC2CCCN(c3nc(C4CC4)ns3)C2)n(C)n1.